The average Bonchev–Trinajstić information content (AvgIpc) is 3.11. The van der Waals surface area contributed by atoms with Crippen LogP contribution in [-0.2, 0) is 4.74 Å². The molecule has 0 saturated carbocycles. The molecule has 0 spiro atoms. The summed E-state index contributed by atoms with van der Waals surface area (Å²) in [7, 11) is 0. The monoisotopic (exact) mass is 330 g/mol. The Morgan fingerprint density at radius 3 is 2.83 bits per heavy atom. The van der Waals surface area contributed by atoms with Gasteiger partial charge < -0.3 is 10.1 Å². The molecule has 1 saturated heterocycles. The molecule has 0 bridgehead atoms. The van der Waals surface area contributed by atoms with Gasteiger partial charge in [-0.05, 0) is 25.0 Å². The van der Waals surface area contributed by atoms with Crippen molar-refractivity contribution in [3.63, 3.8) is 0 Å². The molecule has 1 atom stereocenters. The highest BCUT2D eigenvalue weighted by Gasteiger charge is 2.20. The maximum absolute atomic E-state index is 12.1. The molecule has 23 heavy (non-hydrogen) atoms. The molecule has 1 aromatic heterocycles. The van der Waals surface area contributed by atoms with E-state index in [4.69, 9.17) is 9.72 Å². The zero-order valence-corrected chi connectivity index (χ0v) is 14.1. The van der Waals surface area contributed by atoms with Crippen molar-refractivity contribution < 1.29 is 9.53 Å². The second-order valence-electron chi connectivity index (χ2n) is 5.97. The summed E-state index contributed by atoms with van der Waals surface area (Å²) in [5.74, 6) is 0.722. The maximum atomic E-state index is 12.1. The molecule has 1 aromatic carbocycles. The minimum Gasteiger partial charge on any atom is -0.381 e. The molecule has 0 radical (unpaired) electrons. The number of benzene rings is 1. The Balaban J connectivity index is 1.55. The molecule has 1 fully saturated rings. The summed E-state index contributed by atoms with van der Waals surface area (Å²) in [4.78, 5) is 16.9. The number of hydrogen-bond donors (Lipinski definition) is 1. The van der Waals surface area contributed by atoms with Crippen LogP contribution in [0.4, 0.5) is 0 Å². The van der Waals surface area contributed by atoms with E-state index in [0.29, 0.717) is 18.0 Å². The standard InChI is InChI=1S/C18H22N2O2S/c1-13(11-19-17(21)15-5-3-2-4-6-15)18-20-16(12-23-18)14-7-9-22-10-8-14/h2-6,12-14H,7-11H2,1H3,(H,19,21)/t13-/m0/s1. The summed E-state index contributed by atoms with van der Waals surface area (Å²) in [5, 5.41) is 6.26. The van der Waals surface area contributed by atoms with E-state index in [1.807, 2.05) is 30.3 Å². The van der Waals surface area contributed by atoms with Gasteiger partial charge in [-0.3, -0.25) is 4.79 Å². The lowest BCUT2D eigenvalue weighted by Gasteiger charge is -2.20. The molecular formula is C18H22N2O2S. The lowest BCUT2D eigenvalue weighted by atomic mass is 9.97. The molecule has 4 nitrogen and oxygen atoms in total. The largest absolute Gasteiger partial charge is 0.381 e. The third kappa shape index (κ3) is 4.18. The van der Waals surface area contributed by atoms with E-state index < -0.39 is 0 Å². The summed E-state index contributed by atoms with van der Waals surface area (Å²) in [6, 6.07) is 9.31. The minimum atomic E-state index is -0.0290. The number of thiazole rings is 1. The Morgan fingerprint density at radius 1 is 1.35 bits per heavy atom. The van der Waals surface area contributed by atoms with Crippen molar-refractivity contribution in [1.82, 2.24) is 10.3 Å². The van der Waals surface area contributed by atoms with Crippen LogP contribution in [0.5, 0.6) is 0 Å². The number of amides is 1. The van der Waals surface area contributed by atoms with Crippen LogP contribution in [0.3, 0.4) is 0 Å². The number of nitrogens with one attached hydrogen (secondary N) is 1. The molecule has 3 rings (SSSR count). The predicted molar refractivity (Wildman–Crippen MR) is 92.1 cm³/mol. The van der Waals surface area contributed by atoms with Crippen LogP contribution in [0.15, 0.2) is 35.7 Å². The maximum Gasteiger partial charge on any atom is 0.251 e. The first-order chi connectivity index (χ1) is 11.2. The van der Waals surface area contributed by atoms with E-state index in [1.54, 1.807) is 11.3 Å². The Labute approximate surface area is 140 Å². The van der Waals surface area contributed by atoms with Crippen molar-refractivity contribution in [3.8, 4) is 0 Å². The van der Waals surface area contributed by atoms with Gasteiger partial charge in [0.05, 0.1) is 10.7 Å². The second kappa shape index (κ2) is 7.70. The van der Waals surface area contributed by atoms with Crippen molar-refractivity contribution >= 4 is 17.2 Å². The van der Waals surface area contributed by atoms with Gasteiger partial charge in [-0.25, -0.2) is 4.98 Å². The Kier molecular flexibility index (Phi) is 5.41. The zero-order chi connectivity index (χ0) is 16.1. The third-order valence-electron chi connectivity index (χ3n) is 4.21. The highest BCUT2D eigenvalue weighted by Crippen LogP contribution is 2.30. The number of carbonyl (C=O) groups excluding carboxylic acids is 1. The molecule has 0 unspecified atom stereocenters. The highest BCUT2D eigenvalue weighted by atomic mass is 32.1. The summed E-state index contributed by atoms with van der Waals surface area (Å²) in [6.45, 7) is 4.38. The van der Waals surface area contributed by atoms with Crippen molar-refractivity contribution in [2.24, 2.45) is 0 Å². The number of nitrogens with zero attached hydrogens (tertiary/aromatic N) is 1. The van der Waals surface area contributed by atoms with Crippen molar-refractivity contribution in [2.45, 2.75) is 31.6 Å². The van der Waals surface area contributed by atoms with Gasteiger partial charge in [-0.2, -0.15) is 0 Å². The van der Waals surface area contributed by atoms with Crippen molar-refractivity contribution in [2.75, 3.05) is 19.8 Å². The number of rotatable bonds is 5. The summed E-state index contributed by atoms with van der Waals surface area (Å²) >= 11 is 1.70. The molecule has 1 amide bonds. The quantitative estimate of drug-likeness (QED) is 0.912. The molecular weight excluding hydrogens is 308 g/mol. The van der Waals surface area contributed by atoms with Gasteiger partial charge in [-0.1, -0.05) is 25.1 Å². The van der Waals surface area contributed by atoms with Gasteiger partial charge >= 0.3 is 0 Å². The van der Waals surface area contributed by atoms with Crippen LogP contribution < -0.4 is 5.32 Å². The van der Waals surface area contributed by atoms with Gasteiger partial charge in [0.2, 0.25) is 0 Å². The Hall–Kier alpha value is -1.72. The van der Waals surface area contributed by atoms with E-state index in [0.717, 1.165) is 31.1 Å². The van der Waals surface area contributed by atoms with Crippen LogP contribution >= 0.6 is 11.3 Å². The number of hydrogen-bond acceptors (Lipinski definition) is 4. The van der Waals surface area contributed by atoms with Crippen LogP contribution in [-0.4, -0.2) is 30.6 Å². The van der Waals surface area contributed by atoms with Crippen molar-refractivity contribution in [1.29, 1.82) is 0 Å². The molecule has 0 aliphatic carbocycles. The molecule has 1 aliphatic heterocycles. The fourth-order valence-electron chi connectivity index (χ4n) is 2.73. The summed E-state index contributed by atoms with van der Waals surface area (Å²) in [5.41, 5.74) is 1.89. The molecule has 5 heteroatoms. The summed E-state index contributed by atoms with van der Waals surface area (Å²) in [6.07, 6.45) is 2.12. The topological polar surface area (TPSA) is 51.2 Å². The van der Waals surface area contributed by atoms with E-state index in [2.05, 4.69) is 17.6 Å². The lowest BCUT2D eigenvalue weighted by molar-refractivity contribution is 0.0845. The van der Waals surface area contributed by atoms with Crippen molar-refractivity contribution in [3.05, 3.63) is 52.0 Å². The second-order valence-corrected chi connectivity index (χ2v) is 6.86. The van der Waals surface area contributed by atoms with E-state index in [1.165, 1.54) is 5.69 Å². The fraction of sp³-hybridized carbons (Fsp3) is 0.444. The van der Waals surface area contributed by atoms with E-state index in [9.17, 15) is 4.79 Å². The summed E-state index contributed by atoms with van der Waals surface area (Å²) < 4.78 is 5.41. The molecule has 1 aliphatic rings. The Bertz CT molecular complexity index is 635. The minimum absolute atomic E-state index is 0.0290. The van der Waals surface area contributed by atoms with Crippen LogP contribution in [0, 0.1) is 0 Å². The van der Waals surface area contributed by atoms with E-state index >= 15 is 0 Å². The first kappa shape index (κ1) is 16.1. The predicted octanol–water partition coefficient (Wildman–Crippen LogP) is 3.57. The highest BCUT2D eigenvalue weighted by molar-refractivity contribution is 7.09. The van der Waals surface area contributed by atoms with E-state index in [-0.39, 0.29) is 11.8 Å². The lowest BCUT2D eigenvalue weighted by Crippen LogP contribution is -2.27. The van der Waals surface area contributed by atoms with Gasteiger partial charge in [-0.15, -0.1) is 11.3 Å². The average molecular weight is 330 g/mol. The van der Waals surface area contributed by atoms with Crippen LogP contribution in [0.1, 0.15) is 52.7 Å². The number of ether oxygens (including phenoxy) is 1. The van der Waals surface area contributed by atoms with Gasteiger partial charge in [0.15, 0.2) is 0 Å². The SMILES string of the molecule is C[C@@H](CNC(=O)c1ccccc1)c1nc(C2CCOCC2)cs1. The molecule has 2 heterocycles. The zero-order valence-electron chi connectivity index (χ0n) is 13.3. The first-order valence-corrected chi connectivity index (χ1v) is 8.98. The normalized spacial score (nSPS) is 16.9. The number of aromatic nitrogens is 1. The van der Waals surface area contributed by atoms with Crippen LogP contribution in [0.25, 0.3) is 0 Å². The first-order valence-electron chi connectivity index (χ1n) is 8.10. The smallest absolute Gasteiger partial charge is 0.251 e. The molecule has 1 N–H and O–H groups in total. The van der Waals surface area contributed by atoms with Crippen LogP contribution in [0.2, 0.25) is 0 Å². The van der Waals surface area contributed by atoms with Gasteiger partial charge in [0.25, 0.3) is 5.91 Å². The van der Waals surface area contributed by atoms with Gasteiger partial charge in [0.1, 0.15) is 0 Å². The Morgan fingerprint density at radius 2 is 2.09 bits per heavy atom. The molecule has 2 aromatic rings. The number of carbonyl (C=O) groups is 1. The third-order valence-corrected chi connectivity index (χ3v) is 5.30. The fourth-order valence-corrected chi connectivity index (χ4v) is 3.69. The van der Waals surface area contributed by atoms with Gasteiger partial charge in [0, 0.05) is 42.5 Å². The molecule has 122 valence electrons.